The molecule has 0 bridgehead atoms. The third-order valence-corrected chi connectivity index (χ3v) is 5.07. The summed E-state index contributed by atoms with van der Waals surface area (Å²) in [6, 6.07) is 7.29. The largest absolute Gasteiger partial charge is 0.486 e. The number of amides is 1. The Morgan fingerprint density at radius 2 is 1.73 bits per heavy atom. The van der Waals surface area contributed by atoms with Crippen LogP contribution >= 0.6 is 0 Å². The minimum Gasteiger partial charge on any atom is -0.486 e. The number of halogens is 2. The van der Waals surface area contributed by atoms with Gasteiger partial charge in [-0.2, -0.15) is 0 Å². The van der Waals surface area contributed by atoms with Crippen molar-refractivity contribution >= 4 is 15.9 Å². The van der Waals surface area contributed by atoms with Crippen LogP contribution in [0.2, 0.25) is 0 Å². The Balaban J connectivity index is 1.65. The van der Waals surface area contributed by atoms with E-state index in [9.17, 15) is 22.0 Å². The van der Waals surface area contributed by atoms with Crippen molar-refractivity contribution in [2.24, 2.45) is 0 Å². The van der Waals surface area contributed by atoms with Crippen LogP contribution < -0.4 is 14.2 Å². The minimum atomic E-state index is -4.08. The molecule has 2 aromatic rings. The Morgan fingerprint density at radius 3 is 2.46 bits per heavy atom. The Hall–Kier alpha value is -2.68. The SMILES string of the molecule is O=C(CCc1ccc(F)c(F)c1)NS(=O)(=O)c1ccc2c(c1)OCCO2. The zero-order valence-corrected chi connectivity index (χ0v) is 14.3. The van der Waals surface area contributed by atoms with Gasteiger partial charge in [-0.05, 0) is 36.2 Å². The number of rotatable bonds is 5. The maximum atomic E-state index is 13.1. The summed E-state index contributed by atoms with van der Waals surface area (Å²) < 4.78 is 63.2. The van der Waals surface area contributed by atoms with Crippen molar-refractivity contribution in [2.75, 3.05) is 13.2 Å². The van der Waals surface area contributed by atoms with Gasteiger partial charge in [-0.15, -0.1) is 0 Å². The second-order valence-electron chi connectivity index (χ2n) is 5.58. The first kappa shape index (κ1) is 18.1. The first-order valence-corrected chi connectivity index (χ1v) is 9.23. The number of ether oxygens (including phenoxy) is 2. The van der Waals surface area contributed by atoms with E-state index < -0.39 is 27.6 Å². The van der Waals surface area contributed by atoms with E-state index in [2.05, 4.69) is 0 Å². The van der Waals surface area contributed by atoms with Crippen molar-refractivity contribution in [1.29, 1.82) is 0 Å². The molecule has 0 unspecified atom stereocenters. The number of fused-ring (bicyclic) bond motifs is 1. The molecule has 0 radical (unpaired) electrons. The van der Waals surface area contributed by atoms with Gasteiger partial charge in [-0.1, -0.05) is 6.07 Å². The van der Waals surface area contributed by atoms with Crippen molar-refractivity contribution < 1.29 is 31.5 Å². The van der Waals surface area contributed by atoms with Crippen molar-refractivity contribution in [2.45, 2.75) is 17.7 Å². The molecule has 0 fully saturated rings. The number of nitrogens with one attached hydrogen (secondary N) is 1. The lowest BCUT2D eigenvalue weighted by Crippen LogP contribution is -2.30. The van der Waals surface area contributed by atoms with Crippen LogP contribution in [-0.4, -0.2) is 27.5 Å². The lowest BCUT2D eigenvalue weighted by Gasteiger charge is -2.18. The van der Waals surface area contributed by atoms with Gasteiger partial charge < -0.3 is 9.47 Å². The number of carbonyl (C=O) groups excluding carboxylic acids is 1. The summed E-state index contributed by atoms with van der Waals surface area (Å²) in [4.78, 5) is 11.8. The van der Waals surface area contributed by atoms with E-state index in [1.54, 1.807) is 0 Å². The fourth-order valence-electron chi connectivity index (χ4n) is 2.40. The third-order valence-electron chi connectivity index (χ3n) is 3.70. The molecule has 1 aliphatic heterocycles. The highest BCUT2D eigenvalue weighted by atomic mass is 32.2. The number of aryl methyl sites for hydroxylation is 1. The number of benzene rings is 2. The molecule has 0 spiro atoms. The predicted molar refractivity (Wildman–Crippen MR) is 87.4 cm³/mol. The number of sulfonamides is 1. The Morgan fingerprint density at radius 1 is 1.00 bits per heavy atom. The second-order valence-corrected chi connectivity index (χ2v) is 7.27. The van der Waals surface area contributed by atoms with E-state index in [0.29, 0.717) is 24.5 Å². The van der Waals surface area contributed by atoms with Gasteiger partial charge in [0, 0.05) is 12.5 Å². The molecule has 1 amide bonds. The van der Waals surface area contributed by atoms with Gasteiger partial charge in [0.15, 0.2) is 23.1 Å². The molecule has 9 heteroatoms. The predicted octanol–water partition coefficient (Wildman–Crippen LogP) is 2.17. The molecule has 3 rings (SSSR count). The van der Waals surface area contributed by atoms with Gasteiger partial charge in [0.25, 0.3) is 10.0 Å². The van der Waals surface area contributed by atoms with E-state index in [-0.39, 0.29) is 23.5 Å². The van der Waals surface area contributed by atoms with Gasteiger partial charge in [0.05, 0.1) is 4.90 Å². The van der Waals surface area contributed by atoms with Crippen molar-refractivity contribution in [1.82, 2.24) is 4.72 Å². The zero-order chi connectivity index (χ0) is 18.7. The van der Waals surface area contributed by atoms with Crippen LogP contribution in [0, 0.1) is 11.6 Å². The average molecular weight is 383 g/mol. The highest BCUT2D eigenvalue weighted by Crippen LogP contribution is 2.32. The van der Waals surface area contributed by atoms with Gasteiger partial charge in [-0.25, -0.2) is 21.9 Å². The molecule has 0 saturated carbocycles. The molecule has 1 N–H and O–H groups in total. The van der Waals surface area contributed by atoms with Crippen LogP contribution in [0.4, 0.5) is 8.78 Å². The Labute approximate surface area is 148 Å². The summed E-state index contributed by atoms with van der Waals surface area (Å²) in [6.07, 6.45) is -0.130. The van der Waals surface area contributed by atoms with Gasteiger partial charge in [-0.3, -0.25) is 4.79 Å². The van der Waals surface area contributed by atoms with Gasteiger partial charge >= 0.3 is 0 Å². The molecular weight excluding hydrogens is 368 g/mol. The Kier molecular flexibility index (Phi) is 5.08. The summed E-state index contributed by atoms with van der Waals surface area (Å²) in [5.74, 6) is -2.05. The first-order chi connectivity index (χ1) is 12.3. The van der Waals surface area contributed by atoms with Gasteiger partial charge in [0.2, 0.25) is 5.91 Å². The highest BCUT2D eigenvalue weighted by molar-refractivity contribution is 7.90. The normalized spacial score (nSPS) is 13.3. The smallest absolute Gasteiger partial charge is 0.264 e. The van der Waals surface area contributed by atoms with E-state index in [1.807, 2.05) is 4.72 Å². The summed E-state index contributed by atoms with van der Waals surface area (Å²) in [5, 5.41) is 0. The molecule has 0 aromatic heterocycles. The zero-order valence-electron chi connectivity index (χ0n) is 13.5. The molecule has 1 aliphatic rings. The second kappa shape index (κ2) is 7.28. The van der Waals surface area contributed by atoms with Crippen molar-refractivity contribution in [3.05, 3.63) is 53.6 Å². The lowest BCUT2D eigenvalue weighted by atomic mass is 10.1. The standard InChI is InChI=1S/C17H15F2NO5S/c18-13-4-1-11(9-14(13)19)2-6-17(21)20-26(22,23)12-3-5-15-16(10-12)25-8-7-24-15/h1,3-5,9-10H,2,6-8H2,(H,20,21). The van der Waals surface area contributed by atoms with Crippen LogP contribution in [0.15, 0.2) is 41.3 Å². The topological polar surface area (TPSA) is 81.7 Å². The summed E-state index contributed by atoms with van der Waals surface area (Å²) in [6.45, 7) is 0.677. The van der Waals surface area contributed by atoms with Gasteiger partial charge in [0.1, 0.15) is 13.2 Å². The minimum absolute atomic E-state index is 0.0691. The third kappa shape index (κ3) is 4.10. The Bertz CT molecular complexity index is 946. The van der Waals surface area contributed by atoms with Crippen LogP contribution in [0.1, 0.15) is 12.0 Å². The van der Waals surface area contributed by atoms with Crippen LogP contribution in [0.5, 0.6) is 11.5 Å². The molecule has 1 heterocycles. The molecular formula is C17H15F2NO5S. The fraction of sp³-hybridized carbons (Fsp3) is 0.235. The monoisotopic (exact) mass is 383 g/mol. The van der Waals surface area contributed by atoms with Crippen LogP contribution in [-0.2, 0) is 21.2 Å². The van der Waals surface area contributed by atoms with E-state index in [1.165, 1.54) is 24.3 Å². The summed E-state index contributed by atoms with van der Waals surface area (Å²) >= 11 is 0. The lowest BCUT2D eigenvalue weighted by molar-refractivity contribution is -0.119. The molecule has 2 aromatic carbocycles. The average Bonchev–Trinajstić information content (AvgIpc) is 2.62. The fourth-order valence-corrected chi connectivity index (χ4v) is 3.43. The quantitative estimate of drug-likeness (QED) is 0.856. The van der Waals surface area contributed by atoms with Crippen molar-refractivity contribution in [3.8, 4) is 11.5 Å². The molecule has 0 atom stereocenters. The summed E-state index contributed by atoms with van der Waals surface area (Å²) in [5.41, 5.74) is 0.385. The summed E-state index contributed by atoms with van der Waals surface area (Å²) in [7, 11) is -4.08. The van der Waals surface area contributed by atoms with Crippen LogP contribution in [0.3, 0.4) is 0 Å². The molecule has 6 nitrogen and oxygen atoms in total. The highest BCUT2D eigenvalue weighted by Gasteiger charge is 2.21. The number of carbonyl (C=O) groups is 1. The maximum absolute atomic E-state index is 13.1. The molecule has 0 aliphatic carbocycles. The van der Waals surface area contributed by atoms with E-state index in [0.717, 1.165) is 12.1 Å². The van der Waals surface area contributed by atoms with Crippen LogP contribution in [0.25, 0.3) is 0 Å². The number of hydrogen-bond acceptors (Lipinski definition) is 5. The number of hydrogen-bond donors (Lipinski definition) is 1. The molecule has 138 valence electrons. The van der Waals surface area contributed by atoms with Crippen molar-refractivity contribution in [3.63, 3.8) is 0 Å². The maximum Gasteiger partial charge on any atom is 0.264 e. The van der Waals surface area contributed by atoms with E-state index in [4.69, 9.17) is 9.47 Å². The molecule has 26 heavy (non-hydrogen) atoms. The first-order valence-electron chi connectivity index (χ1n) is 7.74. The van der Waals surface area contributed by atoms with E-state index >= 15 is 0 Å². The molecule has 0 saturated heterocycles.